The fourth-order valence-corrected chi connectivity index (χ4v) is 2.77. The van der Waals surface area contributed by atoms with E-state index in [0.29, 0.717) is 19.6 Å². The summed E-state index contributed by atoms with van der Waals surface area (Å²) in [5.74, 6) is -1.13. The van der Waals surface area contributed by atoms with Crippen LogP contribution in [0.5, 0.6) is 0 Å². The molecule has 112 valence electrons. The highest BCUT2D eigenvalue weighted by Gasteiger charge is 2.40. The molecule has 0 aliphatic carbocycles. The number of alkyl halides is 3. The van der Waals surface area contributed by atoms with Gasteiger partial charge in [0.2, 0.25) is 0 Å². The van der Waals surface area contributed by atoms with E-state index >= 15 is 0 Å². The first-order chi connectivity index (χ1) is 9.50. The van der Waals surface area contributed by atoms with E-state index in [9.17, 15) is 13.2 Å². The fourth-order valence-electron chi connectivity index (χ4n) is 2.77. The third-order valence-electron chi connectivity index (χ3n) is 3.98. The van der Waals surface area contributed by atoms with Gasteiger partial charge in [0.05, 0.1) is 5.92 Å². The number of hydrogen-bond acceptors (Lipinski definition) is 2. The average Bonchev–Trinajstić information content (AvgIpc) is 2.41. The number of hydrogen-bond donors (Lipinski definition) is 1. The van der Waals surface area contributed by atoms with Crippen molar-refractivity contribution >= 4 is 0 Å². The highest BCUT2D eigenvalue weighted by Crippen LogP contribution is 2.34. The summed E-state index contributed by atoms with van der Waals surface area (Å²) in [6, 6.07) is 8.04. The van der Waals surface area contributed by atoms with Crippen LogP contribution in [0.25, 0.3) is 0 Å². The van der Waals surface area contributed by atoms with Gasteiger partial charge >= 0.3 is 6.18 Å². The van der Waals surface area contributed by atoms with Crippen LogP contribution in [0.4, 0.5) is 13.2 Å². The van der Waals surface area contributed by atoms with Crippen molar-refractivity contribution in [2.75, 3.05) is 19.6 Å². The zero-order chi connectivity index (χ0) is 14.6. The molecule has 1 heterocycles. The van der Waals surface area contributed by atoms with Crippen molar-refractivity contribution in [3.63, 3.8) is 0 Å². The Labute approximate surface area is 117 Å². The Hall–Kier alpha value is -1.07. The lowest BCUT2D eigenvalue weighted by Gasteiger charge is -2.33. The molecule has 1 aromatic carbocycles. The van der Waals surface area contributed by atoms with E-state index in [-0.39, 0.29) is 12.8 Å². The molecule has 1 saturated heterocycles. The van der Waals surface area contributed by atoms with Crippen molar-refractivity contribution in [3.05, 3.63) is 35.4 Å². The number of rotatable bonds is 4. The highest BCUT2D eigenvalue weighted by atomic mass is 19.4. The number of nitrogens with two attached hydrogens (primary N) is 1. The molecular weight excluding hydrogens is 265 g/mol. The van der Waals surface area contributed by atoms with Gasteiger partial charge in [0.15, 0.2) is 0 Å². The van der Waals surface area contributed by atoms with Crippen LogP contribution in [-0.4, -0.2) is 30.7 Å². The molecule has 1 aromatic rings. The largest absolute Gasteiger partial charge is 0.391 e. The second-order valence-corrected chi connectivity index (χ2v) is 5.40. The molecule has 1 aliphatic rings. The molecule has 1 fully saturated rings. The van der Waals surface area contributed by atoms with E-state index in [1.165, 1.54) is 11.1 Å². The fraction of sp³-hybridized carbons (Fsp3) is 0.600. The number of nitrogens with zero attached hydrogens (tertiary/aromatic N) is 1. The van der Waals surface area contributed by atoms with Crippen molar-refractivity contribution in [2.24, 2.45) is 11.7 Å². The van der Waals surface area contributed by atoms with Crippen LogP contribution in [0.2, 0.25) is 0 Å². The van der Waals surface area contributed by atoms with Gasteiger partial charge in [-0.25, -0.2) is 0 Å². The molecule has 2 N–H and O–H groups in total. The van der Waals surface area contributed by atoms with Gasteiger partial charge in [-0.15, -0.1) is 0 Å². The molecule has 0 bridgehead atoms. The number of benzene rings is 1. The summed E-state index contributed by atoms with van der Waals surface area (Å²) in [6.07, 6.45) is -2.80. The molecule has 0 radical (unpaired) electrons. The van der Waals surface area contributed by atoms with Crippen LogP contribution in [-0.2, 0) is 13.0 Å². The van der Waals surface area contributed by atoms with Gasteiger partial charge in [0, 0.05) is 6.54 Å². The Kier molecular flexibility index (Phi) is 5.05. The molecular formula is C15H21F3N2. The maximum atomic E-state index is 12.6. The minimum atomic E-state index is -4.04. The zero-order valence-corrected chi connectivity index (χ0v) is 11.5. The lowest BCUT2D eigenvalue weighted by atomic mass is 9.95. The Bertz CT molecular complexity index is 423. The van der Waals surface area contributed by atoms with E-state index in [0.717, 1.165) is 13.0 Å². The third-order valence-corrected chi connectivity index (χ3v) is 3.98. The number of piperidine rings is 1. The number of halogens is 3. The third kappa shape index (κ3) is 3.96. The van der Waals surface area contributed by atoms with Crippen LogP contribution >= 0.6 is 0 Å². The first kappa shape index (κ1) is 15.3. The molecule has 0 amide bonds. The highest BCUT2D eigenvalue weighted by molar-refractivity contribution is 5.27. The normalized spacial score (nSPS) is 18.4. The van der Waals surface area contributed by atoms with Crippen molar-refractivity contribution < 1.29 is 13.2 Å². The first-order valence-electron chi connectivity index (χ1n) is 7.06. The SMILES string of the molecule is NCCc1ccccc1CN1CCC(C(F)(F)F)CC1. The van der Waals surface area contributed by atoms with Crippen molar-refractivity contribution in [2.45, 2.75) is 32.0 Å². The summed E-state index contributed by atoms with van der Waals surface area (Å²) < 4.78 is 37.9. The van der Waals surface area contributed by atoms with Crippen LogP contribution in [0.1, 0.15) is 24.0 Å². The van der Waals surface area contributed by atoms with E-state index in [1.807, 2.05) is 24.3 Å². The van der Waals surface area contributed by atoms with Gasteiger partial charge in [-0.3, -0.25) is 4.90 Å². The monoisotopic (exact) mass is 286 g/mol. The number of likely N-dealkylation sites (tertiary alicyclic amines) is 1. The van der Waals surface area contributed by atoms with Gasteiger partial charge in [-0.05, 0) is 50.0 Å². The average molecular weight is 286 g/mol. The van der Waals surface area contributed by atoms with E-state index in [1.54, 1.807) is 0 Å². The maximum Gasteiger partial charge on any atom is 0.391 e. The molecule has 0 saturated carbocycles. The lowest BCUT2D eigenvalue weighted by molar-refractivity contribution is -0.185. The first-order valence-corrected chi connectivity index (χ1v) is 7.06. The summed E-state index contributed by atoms with van der Waals surface area (Å²) in [5, 5.41) is 0. The predicted octanol–water partition coefficient (Wildman–Crippen LogP) is 2.96. The molecule has 20 heavy (non-hydrogen) atoms. The summed E-state index contributed by atoms with van der Waals surface area (Å²) in [7, 11) is 0. The van der Waals surface area contributed by atoms with Crippen LogP contribution in [0.15, 0.2) is 24.3 Å². The van der Waals surface area contributed by atoms with Crippen LogP contribution < -0.4 is 5.73 Å². The summed E-state index contributed by atoms with van der Waals surface area (Å²) >= 11 is 0. The Balaban J connectivity index is 1.93. The molecule has 0 atom stereocenters. The van der Waals surface area contributed by atoms with Gasteiger partial charge in [0.1, 0.15) is 0 Å². The van der Waals surface area contributed by atoms with E-state index < -0.39 is 12.1 Å². The smallest absolute Gasteiger partial charge is 0.330 e. The van der Waals surface area contributed by atoms with Crippen molar-refractivity contribution in [1.82, 2.24) is 4.90 Å². The molecule has 0 aromatic heterocycles. The summed E-state index contributed by atoms with van der Waals surface area (Å²) in [5.41, 5.74) is 7.98. The van der Waals surface area contributed by atoms with Gasteiger partial charge < -0.3 is 5.73 Å². The standard InChI is InChI=1S/C15H21F3N2/c16-15(17,18)14-6-9-20(10-7-14)11-13-4-2-1-3-12(13)5-8-19/h1-4,14H,5-11,19H2. The lowest BCUT2D eigenvalue weighted by Crippen LogP contribution is -2.38. The summed E-state index contributed by atoms with van der Waals surface area (Å²) in [4.78, 5) is 2.11. The molecule has 5 heteroatoms. The van der Waals surface area contributed by atoms with Gasteiger partial charge in [-0.2, -0.15) is 13.2 Å². The van der Waals surface area contributed by atoms with Gasteiger partial charge in [0.25, 0.3) is 0 Å². The Morgan fingerprint density at radius 2 is 1.70 bits per heavy atom. The molecule has 2 nitrogen and oxygen atoms in total. The summed E-state index contributed by atoms with van der Waals surface area (Å²) in [6.45, 7) is 2.34. The van der Waals surface area contributed by atoms with Crippen molar-refractivity contribution in [3.8, 4) is 0 Å². The van der Waals surface area contributed by atoms with E-state index in [4.69, 9.17) is 5.73 Å². The quantitative estimate of drug-likeness (QED) is 0.922. The topological polar surface area (TPSA) is 29.3 Å². The van der Waals surface area contributed by atoms with Crippen LogP contribution in [0, 0.1) is 5.92 Å². The predicted molar refractivity (Wildman–Crippen MR) is 73.3 cm³/mol. The van der Waals surface area contributed by atoms with Crippen molar-refractivity contribution in [1.29, 1.82) is 0 Å². The second kappa shape index (κ2) is 6.59. The van der Waals surface area contributed by atoms with E-state index in [2.05, 4.69) is 4.90 Å². The minimum Gasteiger partial charge on any atom is -0.330 e. The minimum absolute atomic E-state index is 0.211. The Morgan fingerprint density at radius 1 is 1.10 bits per heavy atom. The molecule has 2 rings (SSSR count). The van der Waals surface area contributed by atoms with Gasteiger partial charge in [-0.1, -0.05) is 24.3 Å². The maximum absolute atomic E-state index is 12.6. The zero-order valence-electron chi connectivity index (χ0n) is 11.5. The van der Waals surface area contributed by atoms with Crippen LogP contribution in [0.3, 0.4) is 0 Å². The molecule has 1 aliphatic heterocycles. The molecule has 0 spiro atoms. The second-order valence-electron chi connectivity index (χ2n) is 5.40. The Morgan fingerprint density at radius 3 is 2.25 bits per heavy atom. The molecule has 0 unspecified atom stereocenters.